The summed E-state index contributed by atoms with van der Waals surface area (Å²) in [5.74, 6) is 0. The zero-order chi connectivity index (χ0) is 9.26. The Morgan fingerprint density at radius 1 is 1.08 bits per heavy atom. The normalized spacial score (nSPS) is 10.8. The number of rotatable bonds is 1. The Bertz CT molecular complexity index is 463. The van der Waals surface area contributed by atoms with Gasteiger partial charge in [-0.2, -0.15) is 0 Å². The largest absolute Gasteiger partial charge is 0.269 e. The molecule has 0 N–H and O–H groups in total. The third-order valence-corrected chi connectivity index (χ3v) is 2.95. The Balaban J connectivity index is 2.86. The second-order valence-corrected chi connectivity index (χ2v) is 3.69. The van der Waals surface area contributed by atoms with Gasteiger partial charge in [-0.15, -0.1) is 0 Å². The van der Waals surface area contributed by atoms with Crippen molar-refractivity contribution in [3.63, 3.8) is 0 Å². The molecule has 0 amide bonds. The standard InChI is InChI=1S/C11H9OP/c1-8-10-5-3-2-4-9(10)6-7-11(8)13-12/h2-7H,1H3. The number of hydrogen-bond acceptors (Lipinski definition) is 1. The Morgan fingerprint density at radius 2 is 1.85 bits per heavy atom. The molecule has 2 heteroatoms. The van der Waals surface area contributed by atoms with Gasteiger partial charge < -0.3 is 0 Å². The van der Waals surface area contributed by atoms with E-state index in [1.165, 1.54) is 10.8 Å². The van der Waals surface area contributed by atoms with Gasteiger partial charge in [0, 0.05) is 5.30 Å². The van der Waals surface area contributed by atoms with Gasteiger partial charge in [0.15, 0.2) is 8.46 Å². The van der Waals surface area contributed by atoms with Crippen molar-refractivity contribution < 1.29 is 4.57 Å². The molecular weight excluding hydrogens is 179 g/mol. The zero-order valence-corrected chi connectivity index (χ0v) is 8.21. The highest BCUT2D eigenvalue weighted by Gasteiger charge is 2.01. The van der Waals surface area contributed by atoms with Gasteiger partial charge in [-0.25, -0.2) is 0 Å². The van der Waals surface area contributed by atoms with Crippen LogP contribution in [-0.4, -0.2) is 0 Å². The van der Waals surface area contributed by atoms with Crippen LogP contribution in [0.3, 0.4) is 0 Å². The van der Waals surface area contributed by atoms with Crippen molar-refractivity contribution >= 4 is 24.5 Å². The van der Waals surface area contributed by atoms with Crippen LogP contribution >= 0.6 is 8.46 Å². The van der Waals surface area contributed by atoms with Crippen molar-refractivity contribution in [2.75, 3.05) is 0 Å². The highest BCUT2D eigenvalue weighted by atomic mass is 31.1. The molecule has 1 nitrogen and oxygen atoms in total. The van der Waals surface area contributed by atoms with E-state index in [-0.39, 0.29) is 8.46 Å². The van der Waals surface area contributed by atoms with E-state index in [0.717, 1.165) is 10.9 Å². The molecule has 0 aliphatic heterocycles. The molecule has 13 heavy (non-hydrogen) atoms. The molecule has 2 aromatic rings. The van der Waals surface area contributed by atoms with Crippen LogP contribution in [0.5, 0.6) is 0 Å². The van der Waals surface area contributed by atoms with Gasteiger partial charge >= 0.3 is 0 Å². The lowest BCUT2D eigenvalue weighted by Gasteiger charge is -2.02. The van der Waals surface area contributed by atoms with E-state index in [1.807, 2.05) is 31.2 Å². The lowest BCUT2D eigenvalue weighted by atomic mass is 10.1. The van der Waals surface area contributed by atoms with Crippen LogP contribution in [0.1, 0.15) is 5.56 Å². The van der Waals surface area contributed by atoms with Crippen molar-refractivity contribution in [3.05, 3.63) is 42.0 Å². The molecule has 0 fully saturated rings. The average molecular weight is 188 g/mol. The number of hydrogen-bond donors (Lipinski definition) is 0. The van der Waals surface area contributed by atoms with E-state index < -0.39 is 0 Å². The first kappa shape index (κ1) is 8.40. The van der Waals surface area contributed by atoms with Crippen molar-refractivity contribution in [1.82, 2.24) is 0 Å². The Hall–Kier alpha value is -1.20. The van der Waals surface area contributed by atoms with Crippen molar-refractivity contribution in [2.24, 2.45) is 0 Å². The van der Waals surface area contributed by atoms with Crippen LogP contribution in [0.2, 0.25) is 0 Å². The third-order valence-electron chi connectivity index (χ3n) is 2.27. The summed E-state index contributed by atoms with van der Waals surface area (Å²) in [5.41, 5.74) is 1.11. The summed E-state index contributed by atoms with van der Waals surface area (Å²) in [6, 6.07) is 12.0. The SMILES string of the molecule is Cc1c(P=O)ccc2ccccc12. The van der Waals surface area contributed by atoms with Gasteiger partial charge in [-0.1, -0.05) is 30.3 Å². The number of fused-ring (bicyclic) bond motifs is 1. The van der Waals surface area contributed by atoms with Crippen LogP contribution < -0.4 is 5.30 Å². The summed E-state index contributed by atoms with van der Waals surface area (Å²) in [4.78, 5) is 0. The molecule has 0 aliphatic rings. The summed E-state index contributed by atoms with van der Waals surface area (Å²) >= 11 is 0. The summed E-state index contributed by atoms with van der Waals surface area (Å²) in [6.07, 6.45) is 0. The van der Waals surface area contributed by atoms with E-state index in [1.54, 1.807) is 0 Å². The summed E-state index contributed by atoms with van der Waals surface area (Å²) < 4.78 is 10.8. The monoisotopic (exact) mass is 188 g/mol. The fourth-order valence-corrected chi connectivity index (χ4v) is 1.91. The highest BCUT2D eigenvalue weighted by molar-refractivity contribution is 7.34. The first-order valence-electron chi connectivity index (χ1n) is 4.14. The van der Waals surface area contributed by atoms with Crippen molar-refractivity contribution in [2.45, 2.75) is 6.92 Å². The van der Waals surface area contributed by atoms with Gasteiger partial charge in [0.2, 0.25) is 0 Å². The molecule has 0 saturated heterocycles. The summed E-state index contributed by atoms with van der Waals surface area (Å²) in [6.45, 7) is 2.00. The first-order chi connectivity index (χ1) is 6.33. The first-order valence-corrected chi connectivity index (χ1v) is 4.96. The molecule has 0 saturated carbocycles. The second kappa shape index (κ2) is 3.27. The molecule has 2 aromatic carbocycles. The topological polar surface area (TPSA) is 17.1 Å². The van der Waals surface area contributed by atoms with E-state index in [2.05, 4.69) is 12.1 Å². The third kappa shape index (κ3) is 1.36. The fraction of sp³-hybridized carbons (Fsp3) is 0.0909. The molecule has 0 unspecified atom stereocenters. The number of aryl methyl sites for hydroxylation is 1. The predicted octanol–water partition coefficient (Wildman–Crippen LogP) is 3.07. The molecule has 0 bridgehead atoms. The minimum atomic E-state index is 0.101. The molecule has 0 spiro atoms. The molecule has 0 radical (unpaired) electrons. The molecule has 0 aromatic heterocycles. The summed E-state index contributed by atoms with van der Waals surface area (Å²) in [7, 11) is 0.101. The van der Waals surface area contributed by atoms with Crippen molar-refractivity contribution in [1.29, 1.82) is 0 Å². The van der Waals surface area contributed by atoms with Crippen LogP contribution in [0.15, 0.2) is 36.4 Å². The molecule has 0 aliphatic carbocycles. The molecule has 2 rings (SSSR count). The Kier molecular flexibility index (Phi) is 2.12. The van der Waals surface area contributed by atoms with E-state index in [9.17, 15) is 4.57 Å². The predicted molar refractivity (Wildman–Crippen MR) is 55.9 cm³/mol. The maximum Gasteiger partial charge on any atom is 0.192 e. The highest BCUT2D eigenvalue weighted by Crippen LogP contribution is 2.18. The lowest BCUT2D eigenvalue weighted by molar-refractivity contribution is 0.603. The van der Waals surface area contributed by atoms with Gasteiger partial charge in [0.1, 0.15) is 0 Å². The molecular formula is C11H9OP. The van der Waals surface area contributed by atoms with Crippen LogP contribution in [0, 0.1) is 6.92 Å². The quantitative estimate of drug-likeness (QED) is 0.628. The Morgan fingerprint density at radius 3 is 2.62 bits per heavy atom. The zero-order valence-electron chi connectivity index (χ0n) is 7.32. The van der Waals surface area contributed by atoms with Gasteiger partial charge in [0.05, 0.1) is 0 Å². The second-order valence-electron chi connectivity index (χ2n) is 3.02. The minimum absolute atomic E-state index is 0.101. The van der Waals surface area contributed by atoms with Crippen molar-refractivity contribution in [3.8, 4) is 0 Å². The lowest BCUT2D eigenvalue weighted by Crippen LogP contribution is -1.97. The van der Waals surface area contributed by atoms with Gasteiger partial charge in [-0.05, 0) is 29.3 Å². The van der Waals surface area contributed by atoms with Crippen LogP contribution in [0.4, 0.5) is 0 Å². The van der Waals surface area contributed by atoms with E-state index in [0.29, 0.717) is 0 Å². The fourth-order valence-electron chi connectivity index (χ4n) is 1.51. The number of benzene rings is 2. The summed E-state index contributed by atoms with van der Waals surface area (Å²) in [5, 5.41) is 3.26. The maximum absolute atomic E-state index is 10.8. The van der Waals surface area contributed by atoms with Gasteiger partial charge in [0.25, 0.3) is 0 Å². The van der Waals surface area contributed by atoms with Crippen LogP contribution in [0.25, 0.3) is 10.8 Å². The smallest absolute Gasteiger partial charge is 0.192 e. The minimum Gasteiger partial charge on any atom is -0.269 e. The molecule has 64 valence electrons. The molecule has 0 atom stereocenters. The van der Waals surface area contributed by atoms with E-state index in [4.69, 9.17) is 0 Å². The maximum atomic E-state index is 10.8. The van der Waals surface area contributed by atoms with Crippen LogP contribution in [-0.2, 0) is 4.57 Å². The van der Waals surface area contributed by atoms with Gasteiger partial charge in [-0.3, -0.25) is 4.57 Å². The average Bonchev–Trinajstić information content (AvgIpc) is 2.19. The van der Waals surface area contributed by atoms with E-state index >= 15 is 0 Å². The molecule has 0 heterocycles. The Labute approximate surface area is 78.6 Å².